The van der Waals surface area contributed by atoms with Crippen molar-refractivity contribution in [1.29, 1.82) is 0 Å². The fourth-order valence-corrected chi connectivity index (χ4v) is 3.84. The predicted octanol–water partition coefficient (Wildman–Crippen LogP) is 2.38. The molecule has 2 aromatic rings. The second-order valence-electron chi connectivity index (χ2n) is 8.25. The maximum atomic E-state index is 12.7. The molecule has 0 fully saturated rings. The maximum Gasteiger partial charge on any atom is 0.272 e. The summed E-state index contributed by atoms with van der Waals surface area (Å²) < 4.78 is 24.4. The zero-order chi connectivity index (χ0) is 21.8. The molecule has 168 valence electrons. The minimum absolute atomic E-state index is 0.0528. The van der Waals surface area contributed by atoms with Crippen molar-refractivity contribution < 1.29 is 23.7 Å². The SMILES string of the molecule is CCOCC1Cn2nc(C(=O)NC3COc4ccc(CCOC(C)C)cc4C3)cc2O1. The lowest BCUT2D eigenvalue weighted by Crippen LogP contribution is -2.43. The van der Waals surface area contributed by atoms with Crippen molar-refractivity contribution in [2.75, 3.05) is 26.4 Å². The number of fused-ring (bicyclic) bond motifs is 2. The molecule has 2 atom stereocenters. The van der Waals surface area contributed by atoms with Gasteiger partial charge in [0, 0.05) is 12.7 Å². The molecule has 0 spiro atoms. The van der Waals surface area contributed by atoms with Crippen LogP contribution in [0.3, 0.4) is 0 Å². The molecule has 2 aliphatic rings. The lowest BCUT2D eigenvalue weighted by atomic mass is 9.99. The third-order valence-electron chi connectivity index (χ3n) is 5.36. The highest BCUT2D eigenvalue weighted by atomic mass is 16.5. The van der Waals surface area contributed by atoms with Gasteiger partial charge in [-0.15, -0.1) is 0 Å². The van der Waals surface area contributed by atoms with E-state index in [1.165, 1.54) is 5.56 Å². The summed E-state index contributed by atoms with van der Waals surface area (Å²) in [4.78, 5) is 12.7. The molecule has 8 nitrogen and oxygen atoms in total. The molecule has 3 heterocycles. The highest BCUT2D eigenvalue weighted by Gasteiger charge is 2.28. The minimum Gasteiger partial charge on any atom is -0.491 e. The van der Waals surface area contributed by atoms with E-state index in [-0.39, 0.29) is 24.2 Å². The third kappa shape index (κ3) is 5.37. The van der Waals surface area contributed by atoms with Gasteiger partial charge in [0.15, 0.2) is 5.69 Å². The van der Waals surface area contributed by atoms with E-state index in [1.54, 1.807) is 10.7 Å². The number of aromatic nitrogens is 2. The smallest absolute Gasteiger partial charge is 0.272 e. The van der Waals surface area contributed by atoms with Crippen LogP contribution >= 0.6 is 0 Å². The van der Waals surface area contributed by atoms with Gasteiger partial charge in [0.05, 0.1) is 31.9 Å². The number of hydrogen-bond acceptors (Lipinski definition) is 6. The van der Waals surface area contributed by atoms with E-state index in [1.807, 2.05) is 26.8 Å². The number of hydrogen-bond donors (Lipinski definition) is 1. The fourth-order valence-electron chi connectivity index (χ4n) is 3.84. The van der Waals surface area contributed by atoms with Crippen molar-refractivity contribution in [3.05, 3.63) is 41.1 Å². The van der Waals surface area contributed by atoms with Gasteiger partial charge in [-0.05, 0) is 50.8 Å². The summed E-state index contributed by atoms with van der Waals surface area (Å²) in [6, 6.07) is 7.81. The van der Waals surface area contributed by atoms with Crippen LogP contribution in [-0.2, 0) is 28.9 Å². The van der Waals surface area contributed by atoms with Crippen LogP contribution in [0.4, 0.5) is 0 Å². The Morgan fingerprint density at radius 3 is 3.00 bits per heavy atom. The topological polar surface area (TPSA) is 83.8 Å². The first-order valence-corrected chi connectivity index (χ1v) is 11.0. The van der Waals surface area contributed by atoms with E-state index in [0.717, 1.165) is 24.2 Å². The average Bonchev–Trinajstić information content (AvgIpc) is 3.30. The number of benzene rings is 1. The monoisotopic (exact) mass is 429 g/mol. The first kappa shape index (κ1) is 21.6. The minimum atomic E-state index is -0.217. The van der Waals surface area contributed by atoms with E-state index in [0.29, 0.717) is 44.5 Å². The molecule has 31 heavy (non-hydrogen) atoms. The van der Waals surface area contributed by atoms with E-state index in [4.69, 9.17) is 18.9 Å². The molecule has 0 radical (unpaired) electrons. The van der Waals surface area contributed by atoms with Crippen LogP contribution in [0, 0.1) is 0 Å². The van der Waals surface area contributed by atoms with Gasteiger partial charge in [0.1, 0.15) is 18.5 Å². The Kier molecular flexibility index (Phi) is 6.77. The number of ether oxygens (including phenoxy) is 4. The Bertz CT molecular complexity index is 887. The van der Waals surface area contributed by atoms with Crippen LogP contribution in [0.1, 0.15) is 42.4 Å². The van der Waals surface area contributed by atoms with Gasteiger partial charge >= 0.3 is 0 Å². The van der Waals surface area contributed by atoms with Crippen molar-refractivity contribution in [3.8, 4) is 11.6 Å². The Morgan fingerprint density at radius 1 is 1.35 bits per heavy atom. The lowest BCUT2D eigenvalue weighted by molar-refractivity contribution is 0.0662. The number of nitrogens with one attached hydrogen (secondary N) is 1. The number of amides is 1. The lowest BCUT2D eigenvalue weighted by Gasteiger charge is -2.26. The number of carbonyl (C=O) groups is 1. The maximum absolute atomic E-state index is 12.7. The Hall–Kier alpha value is -2.58. The number of rotatable bonds is 9. The van der Waals surface area contributed by atoms with Crippen molar-refractivity contribution in [1.82, 2.24) is 15.1 Å². The summed E-state index contributed by atoms with van der Waals surface area (Å²) in [6.07, 6.45) is 1.75. The summed E-state index contributed by atoms with van der Waals surface area (Å²) >= 11 is 0. The molecule has 0 bridgehead atoms. The molecule has 0 saturated carbocycles. The highest BCUT2D eigenvalue weighted by Crippen LogP contribution is 2.27. The summed E-state index contributed by atoms with van der Waals surface area (Å²) in [5.41, 5.74) is 2.67. The largest absolute Gasteiger partial charge is 0.491 e. The van der Waals surface area contributed by atoms with E-state index < -0.39 is 0 Å². The third-order valence-corrected chi connectivity index (χ3v) is 5.36. The van der Waals surface area contributed by atoms with Gasteiger partial charge in [0.25, 0.3) is 5.91 Å². The summed E-state index contributed by atoms with van der Waals surface area (Å²) in [6.45, 7) is 8.91. The van der Waals surface area contributed by atoms with E-state index in [2.05, 4.69) is 22.5 Å². The van der Waals surface area contributed by atoms with Gasteiger partial charge in [-0.1, -0.05) is 12.1 Å². The molecule has 1 N–H and O–H groups in total. The molecule has 2 aliphatic heterocycles. The van der Waals surface area contributed by atoms with Crippen LogP contribution < -0.4 is 14.8 Å². The van der Waals surface area contributed by atoms with Crippen molar-refractivity contribution in [2.45, 2.75) is 58.4 Å². The second-order valence-corrected chi connectivity index (χ2v) is 8.25. The van der Waals surface area contributed by atoms with Crippen LogP contribution in [0.15, 0.2) is 24.3 Å². The predicted molar refractivity (Wildman–Crippen MR) is 115 cm³/mol. The molecule has 2 unspecified atom stereocenters. The normalized spacial score (nSPS) is 19.5. The van der Waals surface area contributed by atoms with Crippen molar-refractivity contribution in [3.63, 3.8) is 0 Å². The molecule has 0 aliphatic carbocycles. The number of nitrogens with zero attached hydrogens (tertiary/aromatic N) is 2. The first-order chi connectivity index (χ1) is 15.0. The van der Waals surface area contributed by atoms with Gasteiger partial charge in [-0.2, -0.15) is 5.10 Å². The Morgan fingerprint density at radius 2 is 2.23 bits per heavy atom. The average molecular weight is 430 g/mol. The first-order valence-electron chi connectivity index (χ1n) is 11.0. The van der Waals surface area contributed by atoms with Crippen LogP contribution in [-0.4, -0.2) is 60.4 Å². The molecule has 1 aromatic carbocycles. The molecule has 1 amide bonds. The molecule has 4 rings (SSSR count). The summed E-state index contributed by atoms with van der Waals surface area (Å²) in [5.74, 6) is 1.27. The Labute approximate surface area is 182 Å². The molecule has 0 saturated heterocycles. The van der Waals surface area contributed by atoms with Crippen LogP contribution in [0.2, 0.25) is 0 Å². The summed E-state index contributed by atoms with van der Waals surface area (Å²) in [7, 11) is 0. The Balaban J connectivity index is 1.32. The molecular weight excluding hydrogens is 398 g/mol. The quantitative estimate of drug-likeness (QED) is 0.659. The molecule has 8 heteroatoms. The fraction of sp³-hybridized carbons (Fsp3) is 0.565. The van der Waals surface area contributed by atoms with Gasteiger partial charge in [-0.3, -0.25) is 4.79 Å². The van der Waals surface area contributed by atoms with Gasteiger partial charge in [-0.25, -0.2) is 4.68 Å². The highest BCUT2D eigenvalue weighted by molar-refractivity contribution is 5.92. The molecular formula is C23H31N3O5. The van der Waals surface area contributed by atoms with E-state index >= 15 is 0 Å². The second kappa shape index (κ2) is 9.70. The van der Waals surface area contributed by atoms with Gasteiger partial charge in [0.2, 0.25) is 5.88 Å². The van der Waals surface area contributed by atoms with Crippen LogP contribution in [0.25, 0.3) is 0 Å². The standard InChI is InChI=1S/C23H31N3O5/c1-4-28-14-19-12-26-22(31-19)11-20(25-26)23(27)24-18-10-17-9-16(7-8-29-15(2)3)5-6-21(17)30-13-18/h5-6,9,11,15,18-19H,4,7-8,10,12-14H2,1-3H3,(H,24,27). The van der Waals surface area contributed by atoms with Crippen molar-refractivity contribution in [2.24, 2.45) is 0 Å². The zero-order valence-electron chi connectivity index (χ0n) is 18.4. The van der Waals surface area contributed by atoms with Crippen molar-refractivity contribution >= 4 is 5.91 Å². The van der Waals surface area contributed by atoms with Gasteiger partial charge < -0.3 is 24.3 Å². The zero-order valence-corrected chi connectivity index (χ0v) is 18.4. The summed E-state index contributed by atoms with van der Waals surface area (Å²) in [5, 5.41) is 7.43. The molecule has 1 aromatic heterocycles. The number of carbonyl (C=O) groups excluding carboxylic acids is 1. The van der Waals surface area contributed by atoms with Crippen LogP contribution in [0.5, 0.6) is 11.6 Å². The van der Waals surface area contributed by atoms with E-state index in [9.17, 15) is 4.79 Å².